The first-order chi connectivity index (χ1) is 40.6. The van der Waals surface area contributed by atoms with E-state index in [2.05, 4.69) is 16.0 Å². The van der Waals surface area contributed by atoms with E-state index in [-0.39, 0.29) is 33.6 Å². The predicted octanol–water partition coefficient (Wildman–Crippen LogP) is 20.6. The van der Waals surface area contributed by atoms with Crippen LogP contribution in [0.3, 0.4) is 0 Å². The first-order valence-corrected chi connectivity index (χ1v) is 27.3. The third-order valence-corrected chi connectivity index (χ3v) is 12.9. The molecule has 0 saturated heterocycles. The van der Waals surface area contributed by atoms with Crippen LogP contribution in [0.5, 0.6) is 17.5 Å². The van der Waals surface area contributed by atoms with E-state index in [1.807, 2.05) is 308 Å². The molecule has 0 radical (unpaired) electrons. The van der Waals surface area contributed by atoms with Gasteiger partial charge >= 0.3 is 6.01 Å². The van der Waals surface area contributed by atoms with Crippen LogP contribution in [0.1, 0.15) is 44.5 Å². The molecule has 13 heteroatoms. The van der Waals surface area contributed by atoms with Crippen molar-refractivity contribution < 1.29 is 9.84 Å². The maximum absolute atomic E-state index is 8.99. The fraction of sp³-hybridized carbons (Fsp3) is 0.0959. The molecule has 0 unspecified atom stereocenters. The summed E-state index contributed by atoms with van der Waals surface area (Å²) in [5.41, 5.74) is 11.7. The monoisotopic (exact) mass is 1150 g/mol. The number of halogens is 1. The molecule has 0 bridgehead atoms. The molecule has 0 atom stereocenters. The standard InChI is InChI=1S/C35H29N5O.C27H20ClN5.C8H10O.3CH4/c1-26-23-27(2)25-32(24-26)41-35-37-33(39(28-15-7-3-8-16-28)29-17-9-4-10-18-29)36-34(38-35)40(30-19-11-5-12-20-30)31-21-13-6-14-22-31;28-25-29-26(32(21-13-5-1-6-14-21)22-15-7-2-8-16-22)31-27(30-25)33(23-17-9-3-10-18-23)24-19-11-4-12-20-24;1-6-3-7(2)5-8(9)4-6;;;/h3-25H,1-2H3;1-20H;3-5,9H,1-2H3;3*1H4. The van der Waals surface area contributed by atoms with Crippen LogP contribution in [0, 0.1) is 27.7 Å². The minimum absolute atomic E-state index is 0. The van der Waals surface area contributed by atoms with Gasteiger partial charge in [0.15, 0.2) is 0 Å². The lowest BCUT2D eigenvalue weighted by Crippen LogP contribution is -2.19. The van der Waals surface area contributed by atoms with Crippen molar-refractivity contribution in [3.8, 4) is 17.5 Å². The molecule has 0 aliphatic heterocycles. The van der Waals surface area contributed by atoms with Crippen LogP contribution in [-0.4, -0.2) is 35.0 Å². The number of aromatic hydroxyl groups is 1. The zero-order valence-electron chi connectivity index (χ0n) is 46.3. The molecule has 0 spiro atoms. The molecular weight excluding hydrogens is 1080 g/mol. The van der Waals surface area contributed by atoms with Crippen molar-refractivity contribution in [3.05, 3.63) is 307 Å². The van der Waals surface area contributed by atoms with Crippen LogP contribution in [-0.2, 0) is 0 Å². The van der Waals surface area contributed by atoms with Crippen molar-refractivity contribution in [2.24, 2.45) is 0 Å². The van der Waals surface area contributed by atoms with Gasteiger partial charge in [-0.25, -0.2) is 0 Å². The number of nitrogens with zero attached hydrogens (tertiary/aromatic N) is 10. The van der Waals surface area contributed by atoms with Crippen LogP contribution in [0.2, 0.25) is 5.28 Å². The highest BCUT2D eigenvalue weighted by atomic mass is 35.5. The topological polar surface area (TPSA) is 120 Å². The third-order valence-electron chi connectivity index (χ3n) is 12.7. The highest BCUT2D eigenvalue weighted by Gasteiger charge is 2.25. The van der Waals surface area contributed by atoms with E-state index >= 15 is 0 Å². The van der Waals surface area contributed by atoms with Gasteiger partial charge in [0.1, 0.15) is 11.5 Å². The van der Waals surface area contributed by atoms with Gasteiger partial charge in [0.25, 0.3) is 0 Å². The lowest BCUT2D eigenvalue weighted by molar-refractivity contribution is 0.440. The number of para-hydroxylation sites is 8. The summed E-state index contributed by atoms with van der Waals surface area (Å²) in [5, 5.41) is 9.11. The Kier molecular flexibility index (Phi) is 22.4. The fourth-order valence-electron chi connectivity index (χ4n) is 9.30. The quantitative estimate of drug-likeness (QED) is 0.112. The normalized spacial score (nSPS) is 10.2. The van der Waals surface area contributed by atoms with E-state index in [0.717, 1.165) is 67.8 Å². The lowest BCUT2D eigenvalue weighted by atomic mass is 10.1. The largest absolute Gasteiger partial charge is 0.508 e. The van der Waals surface area contributed by atoms with Gasteiger partial charge in [-0.1, -0.05) is 180 Å². The van der Waals surface area contributed by atoms with Crippen molar-refractivity contribution in [1.29, 1.82) is 0 Å². The smallest absolute Gasteiger partial charge is 0.328 e. The van der Waals surface area contributed by atoms with Gasteiger partial charge in [-0.3, -0.25) is 19.6 Å². The average Bonchev–Trinajstić information content (AvgIpc) is 1.11. The fourth-order valence-corrected chi connectivity index (χ4v) is 9.45. The van der Waals surface area contributed by atoms with Gasteiger partial charge in [0, 0.05) is 45.5 Å². The molecule has 12 aromatic rings. The van der Waals surface area contributed by atoms with E-state index in [1.54, 1.807) is 12.1 Å². The summed E-state index contributed by atoms with van der Waals surface area (Å²) in [6.07, 6.45) is 0. The molecule has 12 nitrogen and oxygen atoms in total. The molecule has 0 aliphatic rings. The minimum atomic E-state index is 0. The Morgan fingerprint density at radius 2 is 0.500 bits per heavy atom. The highest BCUT2D eigenvalue weighted by molar-refractivity contribution is 6.28. The van der Waals surface area contributed by atoms with Gasteiger partial charge in [0.2, 0.25) is 29.1 Å². The van der Waals surface area contributed by atoms with E-state index in [1.165, 1.54) is 0 Å². The Hall–Kier alpha value is -10.7. The molecule has 10 aromatic carbocycles. The molecule has 1 N–H and O–H groups in total. The zero-order chi connectivity index (χ0) is 57.3. The van der Waals surface area contributed by atoms with Crippen molar-refractivity contribution >= 4 is 80.9 Å². The van der Waals surface area contributed by atoms with E-state index in [0.29, 0.717) is 35.3 Å². The molecule has 2 heterocycles. The Bertz CT molecular complexity index is 3540. The molecule has 432 valence electrons. The number of ether oxygens (including phenoxy) is 1. The average molecular weight is 1160 g/mol. The maximum Gasteiger partial charge on any atom is 0.328 e. The number of benzene rings is 10. The second-order valence-electron chi connectivity index (χ2n) is 19.2. The number of aryl methyl sites for hydroxylation is 4. The Morgan fingerprint density at radius 3 is 0.721 bits per heavy atom. The van der Waals surface area contributed by atoms with E-state index < -0.39 is 0 Å². The van der Waals surface area contributed by atoms with Crippen molar-refractivity contribution in [1.82, 2.24) is 29.9 Å². The van der Waals surface area contributed by atoms with Crippen LogP contribution < -0.4 is 24.3 Å². The Labute approximate surface area is 511 Å². The lowest BCUT2D eigenvalue weighted by Gasteiger charge is -2.27. The summed E-state index contributed by atoms with van der Waals surface area (Å²) in [5.74, 6) is 2.75. The summed E-state index contributed by atoms with van der Waals surface area (Å²) in [7, 11) is 0. The predicted molar refractivity (Wildman–Crippen MR) is 357 cm³/mol. The number of phenols is 1. The molecule has 86 heavy (non-hydrogen) atoms. The molecule has 0 saturated carbocycles. The molecule has 0 fully saturated rings. The van der Waals surface area contributed by atoms with Gasteiger partial charge in [-0.2, -0.15) is 29.9 Å². The molecular formula is C73H71ClN10O2. The number of phenolic OH excluding ortho intramolecular Hbond substituents is 1. The van der Waals surface area contributed by atoms with Crippen LogP contribution in [0.4, 0.5) is 69.3 Å². The molecule has 0 aliphatic carbocycles. The number of aromatic nitrogens is 6. The summed E-state index contributed by atoms with van der Waals surface area (Å²) < 4.78 is 6.35. The van der Waals surface area contributed by atoms with Crippen molar-refractivity contribution in [2.75, 3.05) is 19.6 Å². The van der Waals surface area contributed by atoms with Crippen molar-refractivity contribution in [2.45, 2.75) is 50.0 Å². The molecule has 12 rings (SSSR count). The SMILES string of the molecule is C.C.C.Cc1cc(C)cc(O)c1.Cc1cc(C)cc(Oc2nc(N(c3ccccc3)c3ccccc3)nc(N(c3ccccc3)c3ccccc3)n2)c1.Clc1nc(N(c2ccccc2)c2ccccc2)nc(N(c2ccccc2)c2ccccc2)n1. The summed E-state index contributed by atoms with van der Waals surface area (Å²) in [6.45, 7) is 8.02. The summed E-state index contributed by atoms with van der Waals surface area (Å²) in [6, 6.07) is 91.9. The number of hydrogen-bond donors (Lipinski definition) is 1. The number of hydrogen-bond acceptors (Lipinski definition) is 12. The van der Waals surface area contributed by atoms with Crippen LogP contribution in [0.25, 0.3) is 0 Å². The van der Waals surface area contributed by atoms with Crippen LogP contribution >= 0.6 is 11.6 Å². The maximum atomic E-state index is 8.99. The summed E-state index contributed by atoms with van der Waals surface area (Å²) >= 11 is 6.47. The van der Waals surface area contributed by atoms with E-state index in [9.17, 15) is 0 Å². The highest BCUT2D eigenvalue weighted by Crippen LogP contribution is 2.40. The molecule has 0 amide bonds. The zero-order valence-corrected chi connectivity index (χ0v) is 47.0. The summed E-state index contributed by atoms with van der Waals surface area (Å²) in [4.78, 5) is 36.6. The first-order valence-electron chi connectivity index (χ1n) is 26.9. The number of anilines is 12. The second-order valence-corrected chi connectivity index (χ2v) is 19.6. The first kappa shape index (κ1) is 62.9. The minimum Gasteiger partial charge on any atom is -0.508 e. The van der Waals surface area contributed by atoms with Gasteiger partial charge in [-0.15, -0.1) is 0 Å². The molecule has 2 aromatic heterocycles. The van der Waals surface area contributed by atoms with Gasteiger partial charge in [0.05, 0.1) is 0 Å². The Balaban J connectivity index is 0.000000211. The second kappa shape index (κ2) is 30.6. The van der Waals surface area contributed by atoms with E-state index in [4.69, 9.17) is 41.4 Å². The number of rotatable bonds is 14. The van der Waals surface area contributed by atoms with Gasteiger partial charge in [-0.05, 0) is 183 Å². The van der Waals surface area contributed by atoms with Crippen molar-refractivity contribution in [3.63, 3.8) is 0 Å². The van der Waals surface area contributed by atoms with Crippen LogP contribution in [0.15, 0.2) is 279 Å². The third kappa shape index (κ3) is 16.3. The van der Waals surface area contributed by atoms with Gasteiger partial charge < -0.3 is 9.84 Å². The Morgan fingerprint density at radius 1 is 0.291 bits per heavy atom.